The van der Waals surface area contributed by atoms with Crippen molar-refractivity contribution >= 4 is 0 Å². The lowest BCUT2D eigenvalue weighted by Gasteiger charge is -2.32. The minimum Gasteiger partial charge on any atom is -0.494 e. The number of hydrogen-bond acceptors (Lipinski definition) is 2. The van der Waals surface area contributed by atoms with Gasteiger partial charge in [0.15, 0.2) is 11.5 Å². The van der Waals surface area contributed by atoms with E-state index in [1.807, 2.05) is 6.92 Å². The van der Waals surface area contributed by atoms with Gasteiger partial charge in [-0.3, -0.25) is 0 Å². The zero-order valence-corrected chi connectivity index (χ0v) is 12.0. The molecule has 1 fully saturated rings. The fourth-order valence-electron chi connectivity index (χ4n) is 2.58. The summed E-state index contributed by atoms with van der Waals surface area (Å²) >= 11 is 0. The second-order valence-electron chi connectivity index (χ2n) is 5.51. The molecule has 0 unspecified atom stereocenters. The van der Waals surface area contributed by atoms with Gasteiger partial charge in [0.2, 0.25) is 11.6 Å². The summed E-state index contributed by atoms with van der Waals surface area (Å²) in [7, 11) is 1.16. The lowest BCUT2D eigenvalue weighted by molar-refractivity contribution is -0.224. The zero-order chi connectivity index (χ0) is 15.6. The molecule has 1 aromatic carbocycles. The minimum absolute atomic E-state index is 0.314. The Bertz CT molecular complexity index is 497. The van der Waals surface area contributed by atoms with Gasteiger partial charge in [-0.25, -0.2) is 0 Å². The largest absolute Gasteiger partial charge is 0.494 e. The van der Waals surface area contributed by atoms with Crippen LogP contribution in [0.25, 0.3) is 0 Å². The molecule has 0 bridgehead atoms. The fourth-order valence-corrected chi connectivity index (χ4v) is 2.58. The second-order valence-corrected chi connectivity index (χ2v) is 5.51. The maximum atomic E-state index is 14.1. The van der Waals surface area contributed by atoms with Crippen molar-refractivity contribution in [1.82, 2.24) is 0 Å². The highest BCUT2D eigenvalue weighted by atomic mass is 19.3. The third-order valence-corrected chi connectivity index (χ3v) is 3.97. The van der Waals surface area contributed by atoms with Crippen molar-refractivity contribution in [2.24, 2.45) is 11.8 Å². The van der Waals surface area contributed by atoms with E-state index in [9.17, 15) is 17.6 Å². The number of alkyl halides is 2. The summed E-state index contributed by atoms with van der Waals surface area (Å²) in [4.78, 5) is 0. The van der Waals surface area contributed by atoms with Crippen LogP contribution in [0.2, 0.25) is 0 Å². The first kappa shape index (κ1) is 15.9. The molecule has 2 nitrogen and oxygen atoms in total. The summed E-state index contributed by atoms with van der Waals surface area (Å²) in [6.07, 6.45) is -1.52. The Labute approximate surface area is 121 Å². The first-order chi connectivity index (χ1) is 9.85. The van der Waals surface area contributed by atoms with E-state index in [0.29, 0.717) is 31.6 Å². The summed E-state index contributed by atoms with van der Waals surface area (Å²) in [5.74, 6) is -4.50. The van der Waals surface area contributed by atoms with Crippen molar-refractivity contribution in [2.75, 3.05) is 7.11 Å². The minimum atomic E-state index is -3.51. The van der Waals surface area contributed by atoms with Gasteiger partial charge in [-0.15, -0.1) is 0 Å². The summed E-state index contributed by atoms with van der Waals surface area (Å²) in [5.41, 5.74) is 0. The maximum Gasteiger partial charge on any atom is 0.400 e. The normalized spacial score (nSPS) is 23.0. The summed E-state index contributed by atoms with van der Waals surface area (Å²) in [6.45, 7) is 2.01. The first-order valence-electron chi connectivity index (χ1n) is 6.94. The molecule has 21 heavy (non-hydrogen) atoms. The number of halogens is 4. The van der Waals surface area contributed by atoms with Gasteiger partial charge in [0.1, 0.15) is 0 Å². The van der Waals surface area contributed by atoms with Gasteiger partial charge in [0.25, 0.3) is 0 Å². The topological polar surface area (TPSA) is 18.5 Å². The van der Waals surface area contributed by atoms with Crippen LogP contribution in [0.3, 0.4) is 0 Å². The van der Waals surface area contributed by atoms with Crippen LogP contribution in [-0.4, -0.2) is 13.2 Å². The molecule has 1 aliphatic rings. The average molecular weight is 306 g/mol. The highest BCUT2D eigenvalue weighted by Gasteiger charge is 2.44. The SMILES string of the molecule is COc1ccc(OC(F)(F)C2CCC(C)CC2)c(F)c1F. The Morgan fingerprint density at radius 1 is 1.00 bits per heavy atom. The third kappa shape index (κ3) is 3.41. The summed E-state index contributed by atoms with van der Waals surface area (Å²) in [6, 6.07) is 2.02. The van der Waals surface area contributed by atoms with Crippen molar-refractivity contribution in [1.29, 1.82) is 0 Å². The van der Waals surface area contributed by atoms with E-state index in [1.54, 1.807) is 0 Å². The third-order valence-electron chi connectivity index (χ3n) is 3.97. The molecule has 118 valence electrons. The molecular formula is C15H18F4O2. The highest BCUT2D eigenvalue weighted by molar-refractivity contribution is 5.35. The van der Waals surface area contributed by atoms with Crippen molar-refractivity contribution in [2.45, 2.75) is 38.7 Å². The monoisotopic (exact) mass is 306 g/mol. The number of methoxy groups -OCH3 is 1. The van der Waals surface area contributed by atoms with E-state index < -0.39 is 29.4 Å². The standard InChI is InChI=1S/C15H18F4O2/c1-9-3-5-10(6-4-9)15(18,19)21-12-8-7-11(20-2)13(16)14(12)17/h7-10H,3-6H2,1-2H3. The molecule has 0 saturated heterocycles. The zero-order valence-electron chi connectivity index (χ0n) is 12.0. The molecule has 0 aliphatic heterocycles. The number of hydrogen-bond donors (Lipinski definition) is 0. The molecule has 1 aliphatic carbocycles. The Morgan fingerprint density at radius 3 is 2.10 bits per heavy atom. The van der Waals surface area contributed by atoms with Crippen molar-refractivity contribution < 1.29 is 27.0 Å². The maximum absolute atomic E-state index is 14.1. The number of benzene rings is 1. The molecule has 0 amide bonds. The molecule has 0 heterocycles. The Kier molecular flexibility index (Phi) is 4.64. The van der Waals surface area contributed by atoms with Crippen molar-refractivity contribution in [3.05, 3.63) is 23.8 Å². The molecule has 0 radical (unpaired) electrons. The van der Waals surface area contributed by atoms with E-state index in [1.165, 1.54) is 0 Å². The summed E-state index contributed by atoms with van der Waals surface area (Å²) < 4.78 is 64.4. The van der Waals surface area contributed by atoms with Gasteiger partial charge in [0.05, 0.1) is 13.0 Å². The van der Waals surface area contributed by atoms with Crippen molar-refractivity contribution in [3.8, 4) is 11.5 Å². The molecule has 0 N–H and O–H groups in total. The van der Waals surface area contributed by atoms with Gasteiger partial charge in [-0.2, -0.15) is 17.6 Å². The van der Waals surface area contributed by atoms with Gasteiger partial charge in [-0.05, 0) is 30.9 Å². The number of ether oxygens (including phenoxy) is 2. The first-order valence-corrected chi connectivity index (χ1v) is 6.94. The van der Waals surface area contributed by atoms with Crippen LogP contribution < -0.4 is 9.47 Å². The molecule has 0 atom stereocenters. The predicted molar refractivity (Wildman–Crippen MR) is 69.6 cm³/mol. The Hall–Kier alpha value is -1.46. The van der Waals surface area contributed by atoms with E-state index in [4.69, 9.17) is 0 Å². The Balaban J connectivity index is 2.15. The van der Waals surface area contributed by atoms with E-state index in [-0.39, 0.29) is 5.75 Å². The fraction of sp³-hybridized carbons (Fsp3) is 0.600. The van der Waals surface area contributed by atoms with Crippen LogP contribution in [0.1, 0.15) is 32.6 Å². The van der Waals surface area contributed by atoms with E-state index >= 15 is 0 Å². The smallest absolute Gasteiger partial charge is 0.400 e. The van der Waals surface area contributed by atoms with E-state index in [0.717, 1.165) is 19.2 Å². The quantitative estimate of drug-likeness (QED) is 0.746. The van der Waals surface area contributed by atoms with Crippen LogP contribution in [0.5, 0.6) is 11.5 Å². The van der Waals surface area contributed by atoms with Crippen LogP contribution in [0.15, 0.2) is 12.1 Å². The molecule has 6 heteroatoms. The second kappa shape index (κ2) is 6.12. The Morgan fingerprint density at radius 2 is 1.52 bits per heavy atom. The van der Waals surface area contributed by atoms with Crippen molar-refractivity contribution in [3.63, 3.8) is 0 Å². The molecular weight excluding hydrogens is 288 g/mol. The lowest BCUT2D eigenvalue weighted by Crippen LogP contribution is -2.37. The van der Waals surface area contributed by atoms with Crippen LogP contribution >= 0.6 is 0 Å². The average Bonchev–Trinajstić information content (AvgIpc) is 2.44. The predicted octanol–water partition coefficient (Wildman–Crippen LogP) is 4.77. The molecule has 0 spiro atoms. The van der Waals surface area contributed by atoms with Crippen LogP contribution in [0, 0.1) is 23.5 Å². The van der Waals surface area contributed by atoms with Gasteiger partial charge in [-0.1, -0.05) is 19.8 Å². The van der Waals surface area contributed by atoms with Crippen LogP contribution in [-0.2, 0) is 0 Å². The molecule has 1 aromatic rings. The summed E-state index contributed by atoms with van der Waals surface area (Å²) in [5, 5.41) is 0. The lowest BCUT2D eigenvalue weighted by atomic mass is 9.82. The van der Waals surface area contributed by atoms with Gasteiger partial charge in [0, 0.05) is 0 Å². The van der Waals surface area contributed by atoms with Crippen LogP contribution in [0.4, 0.5) is 17.6 Å². The molecule has 2 rings (SSSR count). The van der Waals surface area contributed by atoms with Gasteiger partial charge >= 0.3 is 6.11 Å². The van der Waals surface area contributed by atoms with Gasteiger partial charge < -0.3 is 9.47 Å². The van der Waals surface area contributed by atoms with E-state index in [2.05, 4.69) is 9.47 Å². The molecule has 1 saturated carbocycles. The highest BCUT2D eigenvalue weighted by Crippen LogP contribution is 2.41. The number of rotatable bonds is 4. The molecule has 0 aromatic heterocycles.